The number of Topliss-reactive ketones (excluding diaryl/α,β-unsaturated/α-hetero) is 1. The van der Waals surface area contributed by atoms with E-state index in [2.05, 4.69) is 10.3 Å². The van der Waals surface area contributed by atoms with E-state index in [1.54, 1.807) is 16.8 Å². The molecular formula is C15H13N3O2. The fourth-order valence-corrected chi connectivity index (χ4v) is 2.17. The van der Waals surface area contributed by atoms with E-state index in [-0.39, 0.29) is 11.5 Å². The largest absolute Gasteiger partial charge is 0.507 e. The molecule has 2 aromatic carbocycles. The summed E-state index contributed by atoms with van der Waals surface area (Å²) >= 11 is 0. The predicted octanol–water partition coefficient (Wildman–Crippen LogP) is 2.39. The van der Waals surface area contributed by atoms with Gasteiger partial charge in [0.2, 0.25) is 0 Å². The van der Waals surface area contributed by atoms with Crippen molar-refractivity contribution in [3.05, 3.63) is 53.6 Å². The molecule has 0 aliphatic carbocycles. The van der Waals surface area contributed by atoms with Gasteiger partial charge in [-0.05, 0) is 36.8 Å². The molecule has 0 fully saturated rings. The second kappa shape index (κ2) is 4.77. The molecule has 5 nitrogen and oxygen atoms in total. The van der Waals surface area contributed by atoms with Crippen LogP contribution in [0.4, 0.5) is 0 Å². The zero-order valence-corrected chi connectivity index (χ0v) is 10.9. The molecule has 1 N–H and O–H groups in total. The van der Waals surface area contributed by atoms with Crippen LogP contribution in [0.25, 0.3) is 11.0 Å². The van der Waals surface area contributed by atoms with Gasteiger partial charge in [0.25, 0.3) is 0 Å². The molecule has 1 aromatic heterocycles. The van der Waals surface area contributed by atoms with Crippen LogP contribution in [0.2, 0.25) is 0 Å². The van der Waals surface area contributed by atoms with Gasteiger partial charge in [0.1, 0.15) is 11.3 Å². The van der Waals surface area contributed by atoms with Crippen molar-refractivity contribution in [2.75, 3.05) is 0 Å². The summed E-state index contributed by atoms with van der Waals surface area (Å²) in [6.07, 6.45) is 0. The fourth-order valence-electron chi connectivity index (χ4n) is 2.17. The molecule has 0 unspecified atom stereocenters. The molecule has 0 saturated heterocycles. The smallest absolute Gasteiger partial charge is 0.163 e. The van der Waals surface area contributed by atoms with E-state index in [0.29, 0.717) is 12.1 Å². The van der Waals surface area contributed by atoms with Crippen LogP contribution in [-0.4, -0.2) is 25.9 Å². The SMILES string of the molecule is CC(=O)c1cc(Cn2nnc3ccccc32)ccc1O. The molecule has 3 rings (SSSR count). The minimum absolute atomic E-state index is 0.00435. The minimum atomic E-state index is -0.159. The molecule has 0 spiro atoms. The van der Waals surface area contributed by atoms with Gasteiger partial charge in [-0.3, -0.25) is 4.79 Å². The van der Waals surface area contributed by atoms with E-state index in [1.165, 1.54) is 13.0 Å². The lowest BCUT2D eigenvalue weighted by atomic mass is 10.1. The number of nitrogens with zero attached hydrogens (tertiary/aromatic N) is 3. The van der Waals surface area contributed by atoms with Gasteiger partial charge in [-0.15, -0.1) is 5.10 Å². The van der Waals surface area contributed by atoms with Gasteiger partial charge in [0.05, 0.1) is 17.6 Å². The molecule has 0 saturated carbocycles. The van der Waals surface area contributed by atoms with E-state index in [1.807, 2.05) is 24.3 Å². The number of phenols is 1. The average Bonchev–Trinajstić information content (AvgIpc) is 2.84. The number of fused-ring (bicyclic) bond motifs is 1. The number of para-hydroxylation sites is 1. The van der Waals surface area contributed by atoms with Crippen molar-refractivity contribution in [3.63, 3.8) is 0 Å². The summed E-state index contributed by atoms with van der Waals surface area (Å²) in [6, 6.07) is 12.7. The number of hydrogen-bond donors (Lipinski definition) is 1. The average molecular weight is 267 g/mol. The van der Waals surface area contributed by atoms with Crippen LogP contribution < -0.4 is 0 Å². The van der Waals surface area contributed by atoms with Gasteiger partial charge in [0, 0.05) is 0 Å². The Morgan fingerprint density at radius 1 is 1.25 bits per heavy atom. The first kappa shape index (κ1) is 12.3. The van der Waals surface area contributed by atoms with Gasteiger partial charge in [-0.1, -0.05) is 23.4 Å². The molecule has 3 aromatic rings. The number of carbonyl (C=O) groups excluding carboxylic acids is 1. The highest BCUT2D eigenvalue weighted by molar-refractivity contribution is 5.96. The molecule has 0 radical (unpaired) electrons. The van der Waals surface area contributed by atoms with Crippen LogP contribution in [0.3, 0.4) is 0 Å². The van der Waals surface area contributed by atoms with Crippen molar-refractivity contribution in [2.45, 2.75) is 13.5 Å². The first-order valence-corrected chi connectivity index (χ1v) is 6.26. The van der Waals surface area contributed by atoms with Crippen molar-refractivity contribution >= 4 is 16.8 Å². The number of phenolic OH excluding ortho intramolecular Hbond substituents is 1. The van der Waals surface area contributed by atoms with E-state index in [9.17, 15) is 9.90 Å². The first-order chi connectivity index (χ1) is 9.65. The number of aromatic nitrogens is 3. The van der Waals surface area contributed by atoms with E-state index < -0.39 is 0 Å². The second-order valence-electron chi connectivity index (χ2n) is 4.64. The zero-order valence-electron chi connectivity index (χ0n) is 10.9. The molecule has 5 heteroatoms. The third-order valence-corrected chi connectivity index (χ3v) is 3.19. The zero-order chi connectivity index (χ0) is 14.1. The molecule has 0 atom stereocenters. The summed E-state index contributed by atoms with van der Waals surface area (Å²) in [6.45, 7) is 1.94. The quantitative estimate of drug-likeness (QED) is 0.740. The van der Waals surface area contributed by atoms with Gasteiger partial charge < -0.3 is 5.11 Å². The normalized spacial score (nSPS) is 10.8. The maximum atomic E-state index is 11.4. The van der Waals surface area contributed by atoms with Crippen LogP contribution in [0, 0.1) is 0 Å². The van der Waals surface area contributed by atoms with Crippen molar-refractivity contribution in [3.8, 4) is 5.75 Å². The summed E-state index contributed by atoms with van der Waals surface area (Å²) in [5.41, 5.74) is 2.98. The van der Waals surface area contributed by atoms with E-state index >= 15 is 0 Å². The maximum absolute atomic E-state index is 11.4. The third-order valence-electron chi connectivity index (χ3n) is 3.19. The molecule has 100 valence electrons. The molecule has 0 aliphatic heterocycles. The standard InChI is InChI=1S/C15H13N3O2/c1-10(19)12-8-11(6-7-15(12)20)9-18-14-5-3-2-4-13(14)16-17-18/h2-8,20H,9H2,1H3. The Morgan fingerprint density at radius 2 is 2.05 bits per heavy atom. The van der Waals surface area contributed by atoms with Crippen LogP contribution in [0.1, 0.15) is 22.8 Å². The Morgan fingerprint density at radius 3 is 2.85 bits per heavy atom. The summed E-state index contributed by atoms with van der Waals surface area (Å²) in [5.74, 6) is -0.155. The topological polar surface area (TPSA) is 68.0 Å². The Bertz CT molecular complexity index is 793. The summed E-state index contributed by atoms with van der Waals surface area (Å²) in [5, 5.41) is 17.8. The number of hydrogen-bond acceptors (Lipinski definition) is 4. The van der Waals surface area contributed by atoms with E-state index in [4.69, 9.17) is 0 Å². The number of benzene rings is 2. The predicted molar refractivity (Wildman–Crippen MR) is 74.7 cm³/mol. The van der Waals surface area contributed by atoms with Crippen LogP contribution in [-0.2, 0) is 6.54 Å². The van der Waals surface area contributed by atoms with Crippen LogP contribution in [0.5, 0.6) is 5.75 Å². The highest BCUT2D eigenvalue weighted by Gasteiger charge is 2.09. The molecule has 20 heavy (non-hydrogen) atoms. The van der Waals surface area contributed by atoms with Gasteiger partial charge in [0.15, 0.2) is 5.78 Å². The van der Waals surface area contributed by atoms with Gasteiger partial charge in [-0.2, -0.15) is 0 Å². The van der Waals surface area contributed by atoms with E-state index in [0.717, 1.165) is 16.6 Å². The third kappa shape index (κ3) is 2.14. The number of carbonyl (C=O) groups is 1. The van der Waals surface area contributed by atoms with Crippen molar-refractivity contribution in [1.82, 2.24) is 15.0 Å². The number of aromatic hydroxyl groups is 1. The Kier molecular flexibility index (Phi) is 2.95. The van der Waals surface area contributed by atoms with Crippen LogP contribution in [0.15, 0.2) is 42.5 Å². The highest BCUT2D eigenvalue weighted by atomic mass is 16.3. The number of rotatable bonds is 3. The number of ketones is 1. The minimum Gasteiger partial charge on any atom is -0.507 e. The lowest BCUT2D eigenvalue weighted by Crippen LogP contribution is -2.03. The molecular weight excluding hydrogens is 254 g/mol. The maximum Gasteiger partial charge on any atom is 0.163 e. The Hall–Kier alpha value is -2.69. The monoisotopic (exact) mass is 267 g/mol. The summed E-state index contributed by atoms with van der Waals surface area (Å²) < 4.78 is 1.77. The second-order valence-corrected chi connectivity index (χ2v) is 4.64. The molecule has 0 bridgehead atoms. The highest BCUT2D eigenvalue weighted by Crippen LogP contribution is 2.20. The lowest BCUT2D eigenvalue weighted by molar-refractivity contribution is 0.101. The molecule has 0 amide bonds. The lowest BCUT2D eigenvalue weighted by Gasteiger charge is -2.06. The van der Waals surface area contributed by atoms with Crippen molar-refractivity contribution in [2.24, 2.45) is 0 Å². The van der Waals surface area contributed by atoms with Crippen molar-refractivity contribution in [1.29, 1.82) is 0 Å². The van der Waals surface area contributed by atoms with Crippen LogP contribution >= 0.6 is 0 Å². The van der Waals surface area contributed by atoms with Gasteiger partial charge in [-0.25, -0.2) is 4.68 Å². The summed E-state index contributed by atoms with van der Waals surface area (Å²) in [4.78, 5) is 11.4. The summed E-state index contributed by atoms with van der Waals surface area (Å²) in [7, 11) is 0. The Labute approximate surface area is 115 Å². The van der Waals surface area contributed by atoms with Gasteiger partial charge >= 0.3 is 0 Å². The first-order valence-electron chi connectivity index (χ1n) is 6.26. The molecule has 0 aliphatic rings. The fraction of sp³-hybridized carbons (Fsp3) is 0.133. The van der Waals surface area contributed by atoms with Crippen molar-refractivity contribution < 1.29 is 9.90 Å². The Balaban J connectivity index is 1.99. The molecule has 1 heterocycles.